The Morgan fingerprint density at radius 1 is 1.38 bits per heavy atom. The van der Waals surface area contributed by atoms with Gasteiger partial charge < -0.3 is 16.2 Å². The van der Waals surface area contributed by atoms with Crippen LogP contribution >= 0.6 is 11.3 Å². The summed E-state index contributed by atoms with van der Waals surface area (Å²) in [5.41, 5.74) is 6.68. The van der Waals surface area contributed by atoms with Crippen LogP contribution in [0.1, 0.15) is 21.2 Å². The number of amides is 1. The van der Waals surface area contributed by atoms with Crippen LogP contribution in [-0.2, 0) is 17.6 Å². The minimum Gasteiger partial charge on any atom is -0.481 e. The first-order chi connectivity index (χ1) is 10.1. The van der Waals surface area contributed by atoms with Crippen LogP contribution in [0.5, 0.6) is 0 Å². The van der Waals surface area contributed by atoms with Crippen LogP contribution in [0.4, 0.5) is 5.69 Å². The number of aromatic nitrogens is 2. The lowest BCUT2D eigenvalue weighted by molar-refractivity contribution is -0.136. The zero-order chi connectivity index (χ0) is 15.2. The fraction of sp³-hybridized carbons (Fsp3) is 0.231. The summed E-state index contributed by atoms with van der Waals surface area (Å²) in [7, 11) is 0. The molecule has 0 aromatic carbocycles. The Bertz CT molecular complexity index is 639. The molecule has 0 aliphatic carbocycles. The minimum absolute atomic E-state index is 0.150. The quantitative estimate of drug-likeness (QED) is 0.730. The summed E-state index contributed by atoms with van der Waals surface area (Å²) in [6.07, 6.45) is 1.91. The molecule has 0 unspecified atom stereocenters. The van der Waals surface area contributed by atoms with Crippen molar-refractivity contribution in [2.24, 2.45) is 5.73 Å². The van der Waals surface area contributed by atoms with E-state index in [0.29, 0.717) is 30.0 Å². The van der Waals surface area contributed by atoms with Crippen molar-refractivity contribution in [1.29, 1.82) is 0 Å². The van der Waals surface area contributed by atoms with Crippen molar-refractivity contribution < 1.29 is 14.7 Å². The van der Waals surface area contributed by atoms with Gasteiger partial charge in [-0.05, 0) is 18.7 Å². The number of carbonyl (C=O) groups excluding carboxylic acids is 1. The monoisotopic (exact) mass is 306 g/mol. The van der Waals surface area contributed by atoms with Crippen LogP contribution in [0.15, 0.2) is 23.7 Å². The fourth-order valence-electron chi connectivity index (χ4n) is 1.61. The second-order valence-electron chi connectivity index (χ2n) is 4.23. The van der Waals surface area contributed by atoms with Gasteiger partial charge in [0, 0.05) is 11.8 Å². The number of carbonyl (C=O) groups is 2. The Morgan fingerprint density at radius 2 is 2.19 bits per heavy atom. The average molecular weight is 306 g/mol. The molecule has 0 saturated heterocycles. The highest BCUT2D eigenvalue weighted by Gasteiger charge is 2.11. The molecule has 2 aromatic rings. The van der Waals surface area contributed by atoms with E-state index in [1.54, 1.807) is 17.5 Å². The first-order valence-electron chi connectivity index (χ1n) is 6.21. The van der Waals surface area contributed by atoms with E-state index in [-0.39, 0.29) is 12.3 Å². The topological polar surface area (TPSA) is 118 Å². The Balaban J connectivity index is 1.99. The molecule has 0 radical (unpaired) electrons. The number of nitrogens with one attached hydrogen (secondary N) is 1. The number of carboxylic acids is 1. The second-order valence-corrected chi connectivity index (χ2v) is 5.17. The smallest absolute Gasteiger partial charge is 0.309 e. The number of thiazole rings is 1. The molecular formula is C13H14N4O3S. The third-order valence-electron chi connectivity index (χ3n) is 2.56. The van der Waals surface area contributed by atoms with Gasteiger partial charge in [0.25, 0.3) is 5.91 Å². The van der Waals surface area contributed by atoms with E-state index in [1.165, 1.54) is 17.5 Å². The molecule has 2 aromatic heterocycles. The number of pyridine rings is 1. The molecule has 7 nitrogen and oxygen atoms in total. The first-order valence-corrected chi connectivity index (χ1v) is 7.09. The average Bonchev–Trinajstić information content (AvgIpc) is 2.89. The molecule has 0 fully saturated rings. The number of nitrogens with two attached hydrogens (primary N) is 1. The summed E-state index contributed by atoms with van der Waals surface area (Å²) in [6.45, 7) is 0.490. The predicted molar refractivity (Wildman–Crippen MR) is 78.4 cm³/mol. The van der Waals surface area contributed by atoms with E-state index in [4.69, 9.17) is 10.8 Å². The van der Waals surface area contributed by atoms with Crippen LogP contribution in [0.25, 0.3) is 0 Å². The van der Waals surface area contributed by atoms with Gasteiger partial charge in [-0.2, -0.15) is 0 Å². The number of nitrogens with zero attached hydrogens (tertiary/aromatic N) is 2. The molecule has 0 spiro atoms. The molecule has 0 aliphatic rings. The van der Waals surface area contributed by atoms with Gasteiger partial charge in [0.15, 0.2) is 0 Å². The molecule has 2 heterocycles. The minimum atomic E-state index is -0.950. The second kappa shape index (κ2) is 6.91. The van der Waals surface area contributed by atoms with Crippen LogP contribution in [-0.4, -0.2) is 33.5 Å². The van der Waals surface area contributed by atoms with Crippen LogP contribution in [0, 0.1) is 0 Å². The third kappa shape index (κ3) is 4.33. The molecule has 0 saturated carbocycles. The highest BCUT2D eigenvalue weighted by molar-refractivity contribution is 7.09. The summed E-state index contributed by atoms with van der Waals surface area (Å²) in [6, 6.07) is 3.17. The van der Waals surface area contributed by atoms with E-state index in [1.807, 2.05) is 0 Å². The van der Waals surface area contributed by atoms with Crippen molar-refractivity contribution in [3.63, 3.8) is 0 Å². The highest BCUT2D eigenvalue weighted by atomic mass is 32.1. The number of anilines is 1. The molecule has 110 valence electrons. The number of aliphatic carboxylic acids is 1. The molecule has 2 rings (SSSR count). The summed E-state index contributed by atoms with van der Waals surface area (Å²) >= 11 is 1.39. The normalized spacial score (nSPS) is 10.3. The Kier molecular flexibility index (Phi) is 4.96. The highest BCUT2D eigenvalue weighted by Crippen LogP contribution is 2.13. The molecule has 8 heteroatoms. The van der Waals surface area contributed by atoms with Crippen molar-refractivity contribution in [3.8, 4) is 0 Å². The lowest BCUT2D eigenvalue weighted by Gasteiger charge is -2.03. The molecule has 0 atom stereocenters. The predicted octanol–water partition coefficient (Wildman–Crippen LogP) is 0.919. The van der Waals surface area contributed by atoms with Gasteiger partial charge in [-0.15, -0.1) is 11.3 Å². The maximum absolute atomic E-state index is 12.0. The van der Waals surface area contributed by atoms with Gasteiger partial charge in [0.1, 0.15) is 5.69 Å². The number of carboxylic acid groups (broad SMARTS) is 1. The Morgan fingerprint density at radius 3 is 2.81 bits per heavy atom. The lowest BCUT2D eigenvalue weighted by Crippen LogP contribution is -2.13. The van der Waals surface area contributed by atoms with E-state index < -0.39 is 5.97 Å². The van der Waals surface area contributed by atoms with E-state index in [2.05, 4.69) is 15.3 Å². The maximum atomic E-state index is 12.0. The van der Waals surface area contributed by atoms with Gasteiger partial charge in [0.05, 0.1) is 29.0 Å². The Labute approximate surface area is 124 Å². The maximum Gasteiger partial charge on any atom is 0.309 e. The van der Waals surface area contributed by atoms with Gasteiger partial charge in [-0.1, -0.05) is 0 Å². The SMILES string of the molecule is NCCc1nc(C(=O)Nc2ccc(CC(=O)O)nc2)cs1. The standard InChI is InChI=1S/C13H14N4O3S/c14-4-3-11-17-10(7-21-11)13(20)16-9-2-1-8(15-6-9)5-12(18)19/h1-2,6-7H,3-5,14H2,(H,16,20)(H,18,19). The summed E-state index contributed by atoms with van der Waals surface area (Å²) in [5.74, 6) is -1.28. The van der Waals surface area contributed by atoms with Crippen LogP contribution < -0.4 is 11.1 Å². The van der Waals surface area contributed by atoms with Gasteiger partial charge in [0.2, 0.25) is 0 Å². The van der Waals surface area contributed by atoms with Crippen molar-refractivity contribution in [2.45, 2.75) is 12.8 Å². The molecule has 0 aliphatic heterocycles. The zero-order valence-corrected chi connectivity index (χ0v) is 11.9. The third-order valence-corrected chi connectivity index (χ3v) is 3.47. The zero-order valence-electron chi connectivity index (χ0n) is 11.1. The van der Waals surface area contributed by atoms with Crippen molar-refractivity contribution >= 4 is 28.9 Å². The summed E-state index contributed by atoms with van der Waals surface area (Å²) < 4.78 is 0. The summed E-state index contributed by atoms with van der Waals surface area (Å²) in [5, 5.41) is 13.8. The number of hydrogen-bond donors (Lipinski definition) is 3. The first kappa shape index (κ1) is 15.1. The Hall–Kier alpha value is -2.32. The van der Waals surface area contributed by atoms with Crippen molar-refractivity contribution in [3.05, 3.63) is 40.1 Å². The molecule has 4 N–H and O–H groups in total. The summed E-state index contributed by atoms with van der Waals surface area (Å²) in [4.78, 5) is 30.7. The van der Waals surface area contributed by atoms with E-state index in [0.717, 1.165) is 5.01 Å². The van der Waals surface area contributed by atoms with Crippen LogP contribution in [0.3, 0.4) is 0 Å². The molecule has 1 amide bonds. The lowest BCUT2D eigenvalue weighted by atomic mass is 10.2. The number of hydrogen-bond acceptors (Lipinski definition) is 6. The van der Waals surface area contributed by atoms with Crippen molar-refractivity contribution in [1.82, 2.24) is 9.97 Å². The van der Waals surface area contributed by atoms with Gasteiger partial charge in [-0.3, -0.25) is 14.6 Å². The largest absolute Gasteiger partial charge is 0.481 e. The molecule has 21 heavy (non-hydrogen) atoms. The van der Waals surface area contributed by atoms with Crippen LogP contribution in [0.2, 0.25) is 0 Å². The molecular weight excluding hydrogens is 292 g/mol. The van der Waals surface area contributed by atoms with E-state index in [9.17, 15) is 9.59 Å². The van der Waals surface area contributed by atoms with E-state index >= 15 is 0 Å². The van der Waals surface area contributed by atoms with Crippen molar-refractivity contribution in [2.75, 3.05) is 11.9 Å². The number of rotatable bonds is 6. The fourth-order valence-corrected chi connectivity index (χ4v) is 2.40. The van der Waals surface area contributed by atoms with Gasteiger partial charge in [-0.25, -0.2) is 4.98 Å². The van der Waals surface area contributed by atoms with Gasteiger partial charge >= 0.3 is 5.97 Å². The molecule has 0 bridgehead atoms.